The van der Waals surface area contributed by atoms with E-state index in [9.17, 15) is 14.7 Å². The predicted octanol–water partition coefficient (Wildman–Crippen LogP) is 0.370. The van der Waals surface area contributed by atoms with Crippen LogP contribution in [-0.4, -0.2) is 41.3 Å². The lowest BCUT2D eigenvalue weighted by atomic mass is 10.5. The summed E-state index contributed by atoms with van der Waals surface area (Å²) in [5, 5.41) is 30.3. The lowest BCUT2D eigenvalue weighted by molar-refractivity contribution is 0.0684. The molecule has 0 atom stereocenters. The molecule has 0 bridgehead atoms. The molecule has 0 aliphatic rings. The quantitative estimate of drug-likeness (QED) is 0.399. The van der Waals surface area contributed by atoms with Crippen molar-refractivity contribution in [3.63, 3.8) is 0 Å². The Hall–Kier alpha value is -2.89. The van der Waals surface area contributed by atoms with Crippen molar-refractivity contribution < 1.29 is 15.0 Å². The molecule has 0 saturated heterocycles. The summed E-state index contributed by atoms with van der Waals surface area (Å²) in [4.78, 5) is 29.8. The summed E-state index contributed by atoms with van der Waals surface area (Å²) in [6, 6.07) is 0. The molecule has 0 unspecified atom stereocenters. The van der Waals surface area contributed by atoms with Crippen LogP contribution in [0.3, 0.4) is 0 Å². The van der Waals surface area contributed by atoms with Gasteiger partial charge in [-0.05, 0) is 12.2 Å². The van der Waals surface area contributed by atoms with E-state index >= 15 is 0 Å². The monoisotopic (exact) mass is 283 g/mol. The molecular weight excluding hydrogens is 278 g/mol. The summed E-state index contributed by atoms with van der Waals surface area (Å²) in [6.07, 6.45) is 0. The van der Waals surface area contributed by atoms with E-state index in [4.69, 9.17) is 5.11 Å². The van der Waals surface area contributed by atoms with Gasteiger partial charge in [0.25, 0.3) is 11.5 Å². The highest BCUT2D eigenvalue weighted by atomic mass is 32.1. The maximum absolute atomic E-state index is 11.4. The lowest BCUT2D eigenvalue weighted by Crippen LogP contribution is -2.06. The van der Waals surface area contributed by atoms with Crippen molar-refractivity contribution in [1.29, 1.82) is 0 Å². The van der Waals surface area contributed by atoms with Crippen LogP contribution in [0.4, 0.5) is 11.6 Å². The Balaban J connectivity index is 2.35. The summed E-state index contributed by atoms with van der Waals surface area (Å²) >= 11 is 4.62. The van der Waals surface area contributed by atoms with E-state index in [1.807, 2.05) is 0 Å². The fourth-order valence-electron chi connectivity index (χ4n) is 1.05. The van der Waals surface area contributed by atoms with Gasteiger partial charge in [-0.3, -0.25) is 14.9 Å². The van der Waals surface area contributed by atoms with Gasteiger partial charge in [-0.15, -0.1) is 15.3 Å². The molecule has 2 aromatic rings. The third-order valence-corrected chi connectivity index (χ3v) is 2.02. The number of aromatic amines is 3. The first kappa shape index (κ1) is 12.6. The van der Waals surface area contributed by atoms with Gasteiger partial charge < -0.3 is 15.2 Å². The zero-order chi connectivity index (χ0) is 14.0. The zero-order valence-electron chi connectivity index (χ0n) is 8.91. The van der Waals surface area contributed by atoms with Crippen molar-refractivity contribution in [2.24, 2.45) is 10.2 Å². The van der Waals surface area contributed by atoms with Crippen molar-refractivity contribution in [3.05, 3.63) is 20.9 Å². The average Bonchev–Trinajstić information content (AvgIpc) is 2.76. The fourth-order valence-corrected chi connectivity index (χ4v) is 1.24. The minimum atomic E-state index is -1.32. The first-order chi connectivity index (χ1) is 8.97. The van der Waals surface area contributed by atoms with Crippen LogP contribution in [0.15, 0.2) is 15.0 Å². The number of nitrogens with zero attached hydrogens (tertiary/aromatic N) is 4. The summed E-state index contributed by atoms with van der Waals surface area (Å²) in [6.45, 7) is 0. The summed E-state index contributed by atoms with van der Waals surface area (Å²) < 4.78 is -0.0764. The van der Waals surface area contributed by atoms with Crippen LogP contribution in [0.25, 0.3) is 0 Å². The Bertz CT molecular complexity index is 772. The first-order valence-electron chi connectivity index (χ1n) is 4.60. The second-order valence-electron chi connectivity index (χ2n) is 3.09. The van der Waals surface area contributed by atoms with Gasteiger partial charge in [-0.25, -0.2) is 4.79 Å². The standard InChI is InChI=1S/C7H5N7O4S/c15-3-1(4(16)10-7(19)9-3)11-13-6-8-2(5(17)18)12-14-6/h(H,17,18)(H,8,12,14)(H3,9,10,15,16,19). The molecule has 2 rings (SSSR count). The van der Waals surface area contributed by atoms with Crippen LogP contribution in [-0.2, 0) is 0 Å². The molecular formula is C7H5N7O4S. The molecule has 5 N–H and O–H groups in total. The van der Waals surface area contributed by atoms with Crippen LogP contribution in [0, 0.1) is 4.77 Å². The number of rotatable bonds is 3. The molecule has 11 nitrogen and oxygen atoms in total. The number of carboxylic acids is 1. The van der Waals surface area contributed by atoms with Gasteiger partial charge in [-0.2, -0.15) is 4.98 Å². The maximum atomic E-state index is 11.4. The van der Waals surface area contributed by atoms with E-state index in [-0.39, 0.29) is 10.7 Å². The summed E-state index contributed by atoms with van der Waals surface area (Å²) in [5.41, 5.74) is -1.20. The van der Waals surface area contributed by atoms with E-state index in [1.165, 1.54) is 0 Å². The Morgan fingerprint density at radius 1 is 1.32 bits per heavy atom. The molecule has 98 valence electrons. The minimum Gasteiger partial charge on any atom is -0.493 e. The second-order valence-corrected chi connectivity index (χ2v) is 3.50. The summed E-state index contributed by atoms with van der Waals surface area (Å²) in [5.74, 6) is -2.64. The van der Waals surface area contributed by atoms with Crippen molar-refractivity contribution in [2.45, 2.75) is 0 Å². The Labute approximate surface area is 108 Å². The largest absolute Gasteiger partial charge is 0.493 e. The molecule has 0 spiro atoms. The van der Waals surface area contributed by atoms with Gasteiger partial charge in [0.15, 0.2) is 4.77 Å². The zero-order valence-corrected chi connectivity index (χ0v) is 9.72. The number of azo groups is 1. The van der Waals surface area contributed by atoms with Crippen LogP contribution in [0.5, 0.6) is 5.88 Å². The number of aromatic hydroxyl groups is 1. The number of carboxylic acid groups (broad SMARTS) is 1. The second kappa shape index (κ2) is 4.77. The Kier molecular flexibility index (Phi) is 3.15. The van der Waals surface area contributed by atoms with Gasteiger partial charge in [-0.1, -0.05) is 0 Å². The molecule has 0 fully saturated rings. The fraction of sp³-hybridized carbons (Fsp3) is 0. The third kappa shape index (κ3) is 2.68. The highest BCUT2D eigenvalue weighted by Gasteiger charge is 2.10. The highest BCUT2D eigenvalue weighted by molar-refractivity contribution is 7.71. The van der Waals surface area contributed by atoms with Gasteiger partial charge in [0, 0.05) is 0 Å². The number of carbonyl (C=O) groups is 1. The third-order valence-electron chi connectivity index (χ3n) is 1.81. The molecule has 0 saturated carbocycles. The van der Waals surface area contributed by atoms with Crippen LogP contribution in [0.1, 0.15) is 10.6 Å². The predicted molar refractivity (Wildman–Crippen MR) is 61.4 cm³/mol. The molecule has 12 heteroatoms. The van der Waals surface area contributed by atoms with Gasteiger partial charge in [0.1, 0.15) is 0 Å². The van der Waals surface area contributed by atoms with Gasteiger partial charge >= 0.3 is 5.97 Å². The van der Waals surface area contributed by atoms with Crippen LogP contribution < -0.4 is 5.56 Å². The van der Waals surface area contributed by atoms with Crippen molar-refractivity contribution in [1.82, 2.24) is 25.1 Å². The maximum Gasteiger partial charge on any atom is 0.373 e. The number of aromatic carboxylic acids is 1. The van der Waals surface area contributed by atoms with E-state index < -0.39 is 28.9 Å². The van der Waals surface area contributed by atoms with Gasteiger partial charge in [0.05, 0.1) is 0 Å². The molecule has 2 aromatic heterocycles. The molecule has 2 heterocycles. The highest BCUT2D eigenvalue weighted by Crippen LogP contribution is 2.19. The Morgan fingerprint density at radius 3 is 2.63 bits per heavy atom. The lowest BCUT2D eigenvalue weighted by Gasteiger charge is -1.94. The average molecular weight is 283 g/mol. The smallest absolute Gasteiger partial charge is 0.373 e. The van der Waals surface area contributed by atoms with Crippen molar-refractivity contribution in [2.75, 3.05) is 0 Å². The SMILES string of the molecule is O=C(O)c1nc(N=Nc2c(O)[nH]c(=S)[nH]c2=O)n[nH]1. The number of aromatic nitrogens is 5. The van der Waals surface area contributed by atoms with Crippen molar-refractivity contribution >= 4 is 29.8 Å². The minimum absolute atomic E-state index is 0.0764. The molecule has 0 amide bonds. The van der Waals surface area contributed by atoms with Crippen LogP contribution in [0.2, 0.25) is 0 Å². The topological polar surface area (TPSA) is 172 Å². The Morgan fingerprint density at radius 2 is 2.05 bits per heavy atom. The number of hydrogen-bond acceptors (Lipinski definition) is 8. The summed E-state index contributed by atoms with van der Waals surface area (Å²) in [7, 11) is 0. The first-order valence-corrected chi connectivity index (χ1v) is 5.01. The van der Waals surface area contributed by atoms with E-state index in [0.717, 1.165) is 0 Å². The molecule has 0 aliphatic heterocycles. The molecule has 0 aromatic carbocycles. The molecule has 0 radical (unpaired) electrons. The number of nitrogens with one attached hydrogen (secondary N) is 3. The normalized spacial score (nSPS) is 10.9. The van der Waals surface area contributed by atoms with E-state index in [2.05, 4.69) is 47.6 Å². The number of H-pyrrole nitrogens is 3. The van der Waals surface area contributed by atoms with E-state index in [1.54, 1.807) is 0 Å². The van der Waals surface area contributed by atoms with Crippen LogP contribution >= 0.6 is 12.2 Å². The molecule has 19 heavy (non-hydrogen) atoms. The van der Waals surface area contributed by atoms with Crippen molar-refractivity contribution in [3.8, 4) is 5.88 Å². The van der Waals surface area contributed by atoms with E-state index in [0.29, 0.717) is 0 Å². The molecule has 0 aliphatic carbocycles. The number of hydrogen-bond donors (Lipinski definition) is 5. The van der Waals surface area contributed by atoms with Gasteiger partial charge in [0.2, 0.25) is 17.4 Å².